The number of anilines is 2. The molecule has 1 amide bonds. The van der Waals surface area contributed by atoms with Crippen molar-refractivity contribution in [3.63, 3.8) is 0 Å². The van der Waals surface area contributed by atoms with Crippen LogP contribution in [0.2, 0.25) is 0 Å². The Hall–Kier alpha value is -2.66. The highest BCUT2D eigenvalue weighted by molar-refractivity contribution is 7.80. The van der Waals surface area contributed by atoms with Gasteiger partial charge in [0.1, 0.15) is 5.70 Å². The van der Waals surface area contributed by atoms with E-state index in [4.69, 9.17) is 12.2 Å². The molecule has 1 aliphatic heterocycles. The fourth-order valence-corrected chi connectivity index (χ4v) is 2.68. The Kier molecular flexibility index (Phi) is 4.12. The lowest BCUT2D eigenvalue weighted by atomic mass is 10.2. The normalized spacial score (nSPS) is 15.9. The summed E-state index contributed by atoms with van der Waals surface area (Å²) >= 11 is 5.32. The Labute approximate surface area is 141 Å². The summed E-state index contributed by atoms with van der Waals surface area (Å²) in [6, 6.07) is 17.4. The standard InChI is InChI=1S/C18H17N3OS/c1-20(2)14-8-10-15(11-9-14)21-17(22)16(19-18(21)23)12-13-6-4-3-5-7-13/h3-12H,1-2H3,(H,19,23)/b16-12-. The van der Waals surface area contributed by atoms with Crippen molar-refractivity contribution < 1.29 is 4.79 Å². The zero-order valence-corrected chi connectivity index (χ0v) is 13.8. The largest absolute Gasteiger partial charge is 0.378 e. The number of hydrogen-bond donors (Lipinski definition) is 1. The van der Waals surface area contributed by atoms with Gasteiger partial charge in [0.15, 0.2) is 5.11 Å². The van der Waals surface area contributed by atoms with Gasteiger partial charge >= 0.3 is 0 Å². The number of nitrogens with one attached hydrogen (secondary N) is 1. The molecule has 2 aromatic rings. The van der Waals surface area contributed by atoms with E-state index in [-0.39, 0.29) is 5.91 Å². The average molecular weight is 323 g/mol. The van der Waals surface area contributed by atoms with Crippen molar-refractivity contribution >= 4 is 40.7 Å². The van der Waals surface area contributed by atoms with E-state index >= 15 is 0 Å². The summed E-state index contributed by atoms with van der Waals surface area (Å²) in [5, 5.41) is 3.39. The van der Waals surface area contributed by atoms with Gasteiger partial charge in [0.2, 0.25) is 0 Å². The molecular formula is C18H17N3OS. The summed E-state index contributed by atoms with van der Waals surface area (Å²) in [7, 11) is 3.95. The Balaban J connectivity index is 1.88. The Bertz CT molecular complexity index is 767. The third-order valence-corrected chi connectivity index (χ3v) is 3.90. The lowest BCUT2D eigenvalue weighted by Gasteiger charge is -2.17. The summed E-state index contributed by atoms with van der Waals surface area (Å²) < 4.78 is 0. The van der Waals surface area contributed by atoms with Gasteiger partial charge in [-0.2, -0.15) is 0 Å². The number of carbonyl (C=O) groups is 1. The van der Waals surface area contributed by atoms with Gasteiger partial charge in [-0.15, -0.1) is 0 Å². The van der Waals surface area contributed by atoms with Crippen LogP contribution in [-0.2, 0) is 4.79 Å². The van der Waals surface area contributed by atoms with Gasteiger partial charge in [-0.1, -0.05) is 30.3 Å². The smallest absolute Gasteiger partial charge is 0.281 e. The van der Waals surface area contributed by atoms with Crippen LogP contribution in [0.4, 0.5) is 11.4 Å². The summed E-state index contributed by atoms with van der Waals surface area (Å²) in [6.07, 6.45) is 1.81. The number of rotatable bonds is 3. The number of nitrogens with zero attached hydrogens (tertiary/aromatic N) is 2. The fourth-order valence-electron chi connectivity index (χ4n) is 2.39. The minimum Gasteiger partial charge on any atom is -0.378 e. The lowest BCUT2D eigenvalue weighted by molar-refractivity contribution is -0.113. The topological polar surface area (TPSA) is 35.6 Å². The number of hydrogen-bond acceptors (Lipinski definition) is 3. The highest BCUT2D eigenvalue weighted by Gasteiger charge is 2.31. The highest BCUT2D eigenvalue weighted by Crippen LogP contribution is 2.24. The molecule has 0 saturated carbocycles. The van der Waals surface area contributed by atoms with Crippen LogP contribution in [0.25, 0.3) is 6.08 Å². The number of carbonyl (C=O) groups excluding carboxylic acids is 1. The first-order chi connectivity index (χ1) is 11.1. The maximum absolute atomic E-state index is 12.6. The molecule has 2 aromatic carbocycles. The molecule has 23 heavy (non-hydrogen) atoms. The van der Waals surface area contributed by atoms with Crippen LogP contribution in [-0.4, -0.2) is 25.1 Å². The fraction of sp³-hybridized carbons (Fsp3) is 0.111. The SMILES string of the molecule is CN(C)c1ccc(N2C(=O)/C(=C/c3ccccc3)NC2=S)cc1. The van der Waals surface area contributed by atoms with E-state index in [9.17, 15) is 4.79 Å². The van der Waals surface area contributed by atoms with Crippen LogP contribution in [0, 0.1) is 0 Å². The summed E-state index contributed by atoms with van der Waals surface area (Å²) in [5.74, 6) is -0.142. The Morgan fingerprint density at radius 2 is 1.70 bits per heavy atom. The second kappa shape index (κ2) is 6.22. The summed E-state index contributed by atoms with van der Waals surface area (Å²) in [5.41, 5.74) is 3.27. The number of amides is 1. The summed E-state index contributed by atoms with van der Waals surface area (Å²) in [6.45, 7) is 0. The van der Waals surface area contributed by atoms with Crippen molar-refractivity contribution in [2.75, 3.05) is 23.9 Å². The van der Waals surface area contributed by atoms with Gasteiger partial charge in [-0.3, -0.25) is 9.69 Å². The maximum atomic E-state index is 12.6. The minimum absolute atomic E-state index is 0.142. The van der Waals surface area contributed by atoms with Crippen molar-refractivity contribution in [2.45, 2.75) is 0 Å². The zero-order valence-electron chi connectivity index (χ0n) is 13.0. The molecule has 0 atom stereocenters. The number of thiocarbonyl (C=S) groups is 1. The first-order valence-corrected chi connectivity index (χ1v) is 7.66. The molecule has 1 heterocycles. The third-order valence-electron chi connectivity index (χ3n) is 3.61. The molecule has 1 saturated heterocycles. The molecule has 1 aliphatic rings. The molecular weight excluding hydrogens is 306 g/mol. The second-order valence-corrected chi connectivity index (χ2v) is 5.84. The number of benzene rings is 2. The molecule has 0 aliphatic carbocycles. The van der Waals surface area contributed by atoms with Crippen LogP contribution < -0.4 is 15.1 Å². The molecule has 0 radical (unpaired) electrons. The van der Waals surface area contributed by atoms with E-state index < -0.39 is 0 Å². The van der Waals surface area contributed by atoms with E-state index in [2.05, 4.69) is 5.32 Å². The molecule has 4 nitrogen and oxygen atoms in total. The van der Waals surface area contributed by atoms with Crippen molar-refractivity contribution in [1.29, 1.82) is 0 Å². The third kappa shape index (κ3) is 3.10. The maximum Gasteiger partial charge on any atom is 0.281 e. The van der Waals surface area contributed by atoms with E-state index in [0.29, 0.717) is 10.8 Å². The Morgan fingerprint density at radius 3 is 2.30 bits per heavy atom. The molecule has 3 rings (SSSR count). The molecule has 5 heteroatoms. The highest BCUT2D eigenvalue weighted by atomic mass is 32.1. The lowest BCUT2D eigenvalue weighted by Crippen LogP contribution is -2.30. The molecule has 116 valence electrons. The minimum atomic E-state index is -0.142. The average Bonchev–Trinajstić information content (AvgIpc) is 2.82. The van der Waals surface area contributed by atoms with Crippen LogP contribution in [0.15, 0.2) is 60.3 Å². The van der Waals surface area contributed by atoms with Crippen LogP contribution in [0.1, 0.15) is 5.56 Å². The predicted molar refractivity (Wildman–Crippen MR) is 98.4 cm³/mol. The predicted octanol–water partition coefficient (Wildman–Crippen LogP) is 3.01. The molecule has 0 spiro atoms. The van der Waals surface area contributed by atoms with E-state index in [1.165, 1.54) is 4.90 Å². The molecule has 1 N–H and O–H groups in total. The van der Waals surface area contributed by atoms with Crippen LogP contribution in [0.3, 0.4) is 0 Å². The Morgan fingerprint density at radius 1 is 1.04 bits per heavy atom. The first-order valence-electron chi connectivity index (χ1n) is 7.26. The van der Waals surface area contributed by atoms with Crippen molar-refractivity contribution in [2.24, 2.45) is 0 Å². The summed E-state index contributed by atoms with van der Waals surface area (Å²) in [4.78, 5) is 16.2. The quantitative estimate of drug-likeness (QED) is 0.696. The first kappa shape index (κ1) is 15.2. The van der Waals surface area contributed by atoms with Crippen molar-refractivity contribution in [3.8, 4) is 0 Å². The van der Waals surface area contributed by atoms with Gasteiger partial charge in [0.05, 0.1) is 5.69 Å². The molecule has 0 bridgehead atoms. The van der Waals surface area contributed by atoms with Gasteiger partial charge in [0, 0.05) is 19.8 Å². The van der Waals surface area contributed by atoms with Crippen molar-refractivity contribution in [3.05, 3.63) is 65.9 Å². The zero-order chi connectivity index (χ0) is 16.4. The molecule has 0 aromatic heterocycles. The molecule has 1 fully saturated rings. The van der Waals surface area contributed by atoms with E-state index in [0.717, 1.165) is 16.9 Å². The van der Waals surface area contributed by atoms with Crippen molar-refractivity contribution in [1.82, 2.24) is 5.32 Å². The van der Waals surface area contributed by atoms with Gasteiger partial charge in [0.25, 0.3) is 5.91 Å². The van der Waals surface area contributed by atoms with Gasteiger partial charge < -0.3 is 10.2 Å². The second-order valence-electron chi connectivity index (χ2n) is 5.45. The van der Waals surface area contributed by atoms with E-state index in [1.807, 2.05) is 79.7 Å². The molecule has 0 unspecified atom stereocenters. The van der Waals surface area contributed by atoms with Gasteiger partial charge in [-0.05, 0) is 48.1 Å². The van der Waals surface area contributed by atoms with E-state index in [1.54, 1.807) is 0 Å². The van der Waals surface area contributed by atoms with Gasteiger partial charge in [-0.25, -0.2) is 0 Å². The van der Waals surface area contributed by atoms with Crippen LogP contribution >= 0.6 is 12.2 Å². The monoisotopic (exact) mass is 323 g/mol. The van der Waals surface area contributed by atoms with Crippen LogP contribution in [0.5, 0.6) is 0 Å².